The summed E-state index contributed by atoms with van der Waals surface area (Å²) in [5, 5.41) is 4.09. The van der Waals surface area contributed by atoms with Crippen molar-refractivity contribution in [2.75, 3.05) is 0 Å². The molecule has 16 heavy (non-hydrogen) atoms. The minimum Gasteiger partial charge on any atom is -0.287 e. The first-order chi connectivity index (χ1) is 7.72. The first kappa shape index (κ1) is 11.1. The molecule has 0 fully saturated rings. The van der Waals surface area contributed by atoms with Gasteiger partial charge in [-0.15, -0.1) is 0 Å². The molecule has 0 atom stereocenters. The maximum absolute atomic E-state index is 12.1. The van der Waals surface area contributed by atoms with Crippen LogP contribution in [0.3, 0.4) is 0 Å². The molecule has 0 aliphatic carbocycles. The molecule has 3 nitrogen and oxygen atoms in total. The first-order valence-corrected chi connectivity index (χ1v) is 5.83. The number of halogens is 1. The smallest absolute Gasteiger partial charge is 0.211 e. The van der Waals surface area contributed by atoms with Gasteiger partial charge in [0.2, 0.25) is 5.78 Å². The molecular formula is C12H11BrN2O. The van der Waals surface area contributed by atoms with E-state index in [0.717, 1.165) is 4.47 Å². The second-order valence-corrected chi connectivity index (χ2v) is 4.28. The van der Waals surface area contributed by atoms with Crippen LogP contribution in [0.1, 0.15) is 23.0 Å². The largest absolute Gasteiger partial charge is 0.287 e. The Hall–Kier alpha value is -1.42. The molecule has 0 radical (unpaired) electrons. The van der Waals surface area contributed by atoms with E-state index in [1.807, 2.05) is 19.1 Å². The summed E-state index contributed by atoms with van der Waals surface area (Å²) in [6.07, 6.45) is 1.65. The van der Waals surface area contributed by atoms with E-state index in [0.29, 0.717) is 17.8 Å². The van der Waals surface area contributed by atoms with Crippen LogP contribution >= 0.6 is 15.9 Å². The van der Waals surface area contributed by atoms with Crippen molar-refractivity contribution in [2.24, 2.45) is 0 Å². The van der Waals surface area contributed by atoms with Crippen molar-refractivity contribution in [1.29, 1.82) is 0 Å². The van der Waals surface area contributed by atoms with Crippen LogP contribution in [0.25, 0.3) is 0 Å². The molecule has 4 heteroatoms. The number of rotatable bonds is 3. The third-order valence-electron chi connectivity index (χ3n) is 2.36. The van der Waals surface area contributed by atoms with Gasteiger partial charge in [0.25, 0.3) is 0 Å². The third kappa shape index (κ3) is 2.07. The predicted octanol–water partition coefficient (Wildman–Crippen LogP) is 2.90. The lowest BCUT2D eigenvalue weighted by Gasteiger charge is -2.03. The zero-order chi connectivity index (χ0) is 11.5. The molecule has 0 amide bonds. The average Bonchev–Trinajstić information content (AvgIpc) is 2.77. The molecule has 0 aliphatic heterocycles. The van der Waals surface area contributed by atoms with Crippen LogP contribution in [-0.4, -0.2) is 15.6 Å². The van der Waals surface area contributed by atoms with Gasteiger partial charge in [0.1, 0.15) is 5.69 Å². The van der Waals surface area contributed by atoms with Crippen LogP contribution in [0.5, 0.6) is 0 Å². The Kier molecular flexibility index (Phi) is 3.19. The lowest BCUT2D eigenvalue weighted by molar-refractivity contribution is 0.102. The zero-order valence-corrected chi connectivity index (χ0v) is 10.4. The van der Waals surface area contributed by atoms with Crippen LogP contribution in [0.15, 0.2) is 41.0 Å². The summed E-state index contributed by atoms with van der Waals surface area (Å²) in [5.41, 5.74) is 1.31. The fourth-order valence-corrected chi connectivity index (χ4v) is 1.79. The number of nitrogens with zero attached hydrogens (tertiary/aromatic N) is 2. The van der Waals surface area contributed by atoms with E-state index in [-0.39, 0.29) is 5.78 Å². The summed E-state index contributed by atoms with van der Waals surface area (Å²) in [4.78, 5) is 12.1. The molecule has 1 aromatic heterocycles. The van der Waals surface area contributed by atoms with Crippen molar-refractivity contribution < 1.29 is 4.79 Å². The summed E-state index contributed by atoms with van der Waals surface area (Å²) in [6.45, 7) is 2.66. The number of carbonyl (C=O) groups excluding carboxylic acids is 1. The topological polar surface area (TPSA) is 34.9 Å². The second kappa shape index (κ2) is 4.61. The summed E-state index contributed by atoms with van der Waals surface area (Å²) in [5.74, 6) is 0.00634. The number of carbonyl (C=O) groups is 1. The molecule has 0 bridgehead atoms. The van der Waals surface area contributed by atoms with Crippen molar-refractivity contribution in [2.45, 2.75) is 13.5 Å². The van der Waals surface area contributed by atoms with Gasteiger partial charge in [-0.05, 0) is 37.3 Å². The minimum atomic E-state index is 0.00634. The van der Waals surface area contributed by atoms with Crippen molar-refractivity contribution >= 4 is 21.7 Å². The molecule has 0 saturated carbocycles. The molecule has 0 unspecified atom stereocenters. The number of hydrogen-bond donors (Lipinski definition) is 0. The van der Waals surface area contributed by atoms with Crippen molar-refractivity contribution in [1.82, 2.24) is 9.78 Å². The molecule has 2 aromatic rings. The third-order valence-corrected chi connectivity index (χ3v) is 2.88. The molecule has 82 valence electrons. The number of hydrogen-bond acceptors (Lipinski definition) is 2. The Balaban J connectivity index is 2.35. The van der Waals surface area contributed by atoms with E-state index in [1.165, 1.54) is 0 Å². The Morgan fingerprint density at radius 1 is 1.31 bits per heavy atom. The maximum atomic E-state index is 12.1. The molecule has 0 spiro atoms. The van der Waals surface area contributed by atoms with Gasteiger partial charge in [-0.1, -0.05) is 15.9 Å². The van der Waals surface area contributed by atoms with Gasteiger partial charge in [0, 0.05) is 22.8 Å². The van der Waals surface area contributed by atoms with Gasteiger partial charge in [0.15, 0.2) is 0 Å². The number of aromatic nitrogens is 2. The average molecular weight is 279 g/mol. The first-order valence-electron chi connectivity index (χ1n) is 5.04. The highest BCUT2D eigenvalue weighted by molar-refractivity contribution is 9.10. The van der Waals surface area contributed by atoms with Crippen molar-refractivity contribution in [3.8, 4) is 0 Å². The summed E-state index contributed by atoms with van der Waals surface area (Å²) in [7, 11) is 0. The van der Waals surface area contributed by atoms with E-state index >= 15 is 0 Å². The predicted molar refractivity (Wildman–Crippen MR) is 65.5 cm³/mol. The fraction of sp³-hybridized carbons (Fsp3) is 0.167. The Morgan fingerprint density at radius 3 is 2.62 bits per heavy atom. The van der Waals surface area contributed by atoms with Gasteiger partial charge >= 0.3 is 0 Å². The Labute approximate surface area is 102 Å². The van der Waals surface area contributed by atoms with Gasteiger partial charge in [-0.2, -0.15) is 5.10 Å². The maximum Gasteiger partial charge on any atom is 0.211 e. The van der Waals surface area contributed by atoms with Crippen molar-refractivity contribution in [3.63, 3.8) is 0 Å². The van der Waals surface area contributed by atoms with Gasteiger partial charge in [-0.3, -0.25) is 9.48 Å². The van der Waals surface area contributed by atoms with Crippen LogP contribution < -0.4 is 0 Å². The molecule has 0 saturated heterocycles. The lowest BCUT2D eigenvalue weighted by atomic mass is 10.1. The number of ketones is 1. The lowest BCUT2D eigenvalue weighted by Crippen LogP contribution is -2.10. The number of aryl methyl sites for hydroxylation is 1. The van der Waals surface area contributed by atoms with E-state index < -0.39 is 0 Å². The molecule has 1 heterocycles. The number of benzene rings is 1. The highest BCUT2D eigenvalue weighted by Gasteiger charge is 2.12. The molecule has 1 aromatic carbocycles. The summed E-state index contributed by atoms with van der Waals surface area (Å²) in [6, 6.07) is 9.08. The Morgan fingerprint density at radius 2 is 2.00 bits per heavy atom. The van der Waals surface area contributed by atoms with Crippen LogP contribution in [0.4, 0.5) is 0 Å². The van der Waals surface area contributed by atoms with Crippen molar-refractivity contribution in [3.05, 3.63) is 52.3 Å². The minimum absolute atomic E-state index is 0.00634. The van der Waals surface area contributed by atoms with E-state index in [9.17, 15) is 4.79 Å². The van der Waals surface area contributed by atoms with Crippen LogP contribution in [-0.2, 0) is 6.54 Å². The van der Waals surface area contributed by atoms with Crippen LogP contribution in [0.2, 0.25) is 0 Å². The van der Waals surface area contributed by atoms with Gasteiger partial charge < -0.3 is 0 Å². The standard InChI is InChI=1S/C12H11BrN2O/c1-2-15-11(7-8-14-15)12(16)9-3-5-10(13)6-4-9/h3-8H,2H2,1H3. The molecule has 0 aliphatic rings. The highest BCUT2D eigenvalue weighted by Crippen LogP contribution is 2.14. The van der Waals surface area contributed by atoms with Gasteiger partial charge in [0.05, 0.1) is 0 Å². The van der Waals surface area contributed by atoms with Crippen LogP contribution in [0, 0.1) is 0 Å². The normalized spacial score (nSPS) is 10.4. The quantitative estimate of drug-likeness (QED) is 0.810. The second-order valence-electron chi connectivity index (χ2n) is 3.37. The highest BCUT2D eigenvalue weighted by atomic mass is 79.9. The van der Waals surface area contributed by atoms with E-state index in [2.05, 4.69) is 21.0 Å². The molecule has 2 rings (SSSR count). The SMILES string of the molecule is CCn1nccc1C(=O)c1ccc(Br)cc1. The van der Waals surface area contributed by atoms with Gasteiger partial charge in [-0.25, -0.2) is 0 Å². The molecular weight excluding hydrogens is 268 g/mol. The monoisotopic (exact) mass is 278 g/mol. The van der Waals surface area contributed by atoms with E-state index in [4.69, 9.17) is 0 Å². The summed E-state index contributed by atoms with van der Waals surface area (Å²) < 4.78 is 2.66. The Bertz CT molecular complexity index is 502. The summed E-state index contributed by atoms with van der Waals surface area (Å²) >= 11 is 3.34. The zero-order valence-electron chi connectivity index (χ0n) is 8.85. The molecule has 0 N–H and O–H groups in total. The fourth-order valence-electron chi connectivity index (χ4n) is 1.53. The van der Waals surface area contributed by atoms with E-state index in [1.54, 1.807) is 29.1 Å².